The molecule has 152 valence electrons. The SMILES string of the molecule is Cc1cc(C)nc(N2CCC(CNC(=O)CCn3nnc4ccccc43)CC2)n1. The molecule has 1 amide bonds. The van der Waals surface area contributed by atoms with Crippen molar-refractivity contribution >= 4 is 22.9 Å². The van der Waals surface area contributed by atoms with Gasteiger partial charge in [-0.2, -0.15) is 0 Å². The van der Waals surface area contributed by atoms with Crippen LogP contribution in [0.2, 0.25) is 0 Å². The molecule has 1 aliphatic rings. The second-order valence-corrected chi connectivity index (χ2v) is 7.74. The zero-order valence-corrected chi connectivity index (χ0v) is 17.0. The summed E-state index contributed by atoms with van der Waals surface area (Å²) in [6.07, 6.45) is 2.47. The fourth-order valence-corrected chi connectivity index (χ4v) is 3.82. The molecule has 0 bridgehead atoms. The minimum atomic E-state index is 0.0599. The molecule has 3 aromatic rings. The van der Waals surface area contributed by atoms with Crippen molar-refractivity contribution in [2.75, 3.05) is 24.5 Å². The number of hydrogen-bond donors (Lipinski definition) is 1. The zero-order chi connectivity index (χ0) is 20.2. The van der Waals surface area contributed by atoms with Crippen LogP contribution in [0.3, 0.4) is 0 Å². The third kappa shape index (κ3) is 4.70. The van der Waals surface area contributed by atoms with Gasteiger partial charge in [0.2, 0.25) is 11.9 Å². The largest absolute Gasteiger partial charge is 0.356 e. The lowest BCUT2D eigenvalue weighted by Crippen LogP contribution is -2.39. The lowest BCUT2D eigenvalue weighted by Gasteiger charge is -2.32. The Kier molecular flexibility index (Phi) is 5.69. The van der Waals surface area contributed by atoms with Gasteiger partial charge in [0.1, 0.15) is 5.52 Å². The number of hydrogen-bond acceptors (Lipinski definition) is 6. The summed E-state index contributed by atoms with van der Waals surface area (Å²) in [7, 11) is 0. The van der Waals surface area contributed by atoms with Crippen LogP contribution in [-0.2, 0) is 11.3 Å². The number of amides is 1. The van der Waals surface area contributed by atoms with Crippen molar-refractivity contribution in [1.82, 2.24) is 30.3 Å². The molecule has 0 radical (unpaired) electrons. The highest BCUT2D eigenvalue weighted by molar-refractivity contribution is 5.77. The Hall–Kier alpha value is -3.03. The summed E-state index contributed by atoms with van der Waals surface area (Å²) in [6, 6.07) is 9.78. The summed E-state index contributed by atoms with van der Waals surface area (Å²) >= 11 is 0. The van der Waals surface area contributed by atoms with Crippen LogP contribution in [0.1, 0.15) is 30.7 Å². The van der Waals surface area contributed by atoms with Crippen molar-refractivity contribution in [3.05, 3.63) is 41.7 Å². The summed E-state index contributed by atoms with van der Waals surface area (Å²) < 4.78 is 1.79. The number of para-hydroxylation sites is 1. The van der Waals surface area contributed by atoms with Gasteiger partial charge in [-0.3, -0.25) is 4.79 Å². The van der Waals surface area contributed by atoms with Crippen molar-refractivity contribution in [3.8, 4) is 0 Å². The number of rotatable bonds is 6. The molecule has 0 saturated carbocycles. The molecule has 8 heteroatoms. The van der Waals surface area contributed by atoms with Crippen LogP contribution in [0, 0.1) is 19.8 Å². The molecule has 3 heterocycles. The minimum absolute atomic E-state index is 0.0599. The Labute approximate surface area is 170 Å². The number of aryl methyl sites for hydroxylation is 3. The first kappa shape index (κ1) is 19.3. The number of piperidine rings is 1. The fraction of sp³-hybridized carbons (Fsp3) is 0.476. The molecule has 1 aromatic carbocycles. The minimum Gasteiger partial charge on any atom is -0.356 e. The standard InChI is InChI=1S/C21H27N7O/c1-15-13-16(2)24-21(23-15)27-10-7-17(8-11-27)14-22-20(29)9-12-28-19-6-4-3-5-18(19)25-26-28/h3-6,13,17H,7-12,14H2,1-2H3,(H,22,29). The van der Waals surface area contributed by atoms with Gasteiger partial charge >= 0.3 is 0 Å². The first-order valence-corrected chi connectivity index (χ1v) is 10.2. The van der Waals surface area contributed by atoms with E-state index in [2.05, 4.69) is 30.5 Å². The predicted octanol–water partition coefficient (Wildman–Crippen LogP) is 2.26. The molecule has 0 aliphatic carbocycles. The normalized spacial score (nSPS) is 15.0. The number of benzene rings is 1. The van der Waals surface area contributed by atoms with Gasteiger partial charge in [0.05, 0.1) is 12.1 Å². The van der Waals surface area contributed by atoms with Crippen LogP contribution in [0.25, 0.3) is 11.0 Å². The number of nitrogens with one attached hydrogen (secondary N) is 1. The van der Waals surface area contributed by atoms with Crippen molar-refractivity contribution < 1.29 is 4.79 Å². The molecule has 4 rings (SSSR count). The van der Waals surface area contributed by atoms with Crippen LogP contribution >= 0.6 is 0 Å². The number of nitrogens with zero attached hydrogens (tertiary/aromatic N) is 6. The second-order valence-electron chi connectivity index (χ2n) is 7.74. The molecule has 1 fully saturated rings. The highest BCUT2D eigenvalue weighted by Crippen LogP contribution is 2.20. The highest BCUT2D eigenvalue weighted by Gasteiger charge is 2.21. The van der Waals surface area contributed by atoms with Gasteiger partial charge in [0.25, 0.3) is 0 Å². The van der Waals surface area contributed by atoms with Crippen LogP contribution < -0.4 is 10.2 Å². The van der Waals surface area contributed by atoms with E-state index in [0.717, 1.165) is 60.8 Å². The molecule has 0 unspecified atom stereocenters. The van der Waals surface area contributed by atoms with Crippen molar-refractivity contribution in [2.45, 2.75) is 39.7 Å². The first-order chi connectivity index (χ1) is 14.1. The zero-order valence-electron chi connectivity index (χ0n) is 17.0. The van der Waals surface area contributed by atoms with E-state index in [-0.39, 0.29) is 5.91 Å². The Balaban J connectivity index is 1.21. The molecule has 1 aliphatic heterocycles. The quantitative estimate of drug-likeness (QED) is 0.691. The van der Waals surface area contributed by atoms with E-state index in [1.54, 1.807) is 4.68 Å². The lowest BCUT2D eigenvalue weighted by atomic mass is 9.97. The average Bonchev–Trinajstić information content (AvgIpc) is 3.13. The number of aromatic nitrogens is 5. The van der Waals surface area contributed by atoms with E-state index in [1.807, 2.05) is 44.2 Å². The van der Waals surface area contributed by atoms with Gasteiger partial charge in [-0.25, -0.2) is 14.6 Å². The maximum Gasteiger partial charge on any atom is 0.225 e. The molecule has 1 saturated heterocycles. The lowest BCUT2D eigenvalue weighted by molar-refractivity contribution is -0.121. The van der Waals surface area contributed by atoms with Crippen molar-refractivity contribution in [3.63, 3.8) is 0 Å². The van der Waals surface area contributed by atoms with Gasteiger partial charge in [-0.05, 0) is 50.8 Å². The maximum absolute atomic E-state index is 12.3. The first-order valence-electron chi connectivity index (χ1n) is 10.2. The molecule has 1 N–H and O–H groups in total. The average molecular weight is 393 g/mol. The van der Waals surface area contributed by atoms with Gasteiger partial charge in [-0.1, -0.05) is 17.3 Å². The van der Waals surface area contributed by atoms with Gasteiger partial charge < -0.3 is 10.2 Å². The van der Waals surface area contributed by atoms with E-state index in [0.29, 0.717) is 18.9 Å². The van der Waals surface area contributed by atoms with Crippen LogP contribution in [0.4, 0.5) is 5.95 Å². The van der Waals surface area contributed by atoms with Gasteiger partial charge in [-0.15, -0.1) is 5.10 Å². The summed E-state index contributed by atoms with van der Waals surface area (Å²) in [5.74, 6) is 1.38. The van der Waals surface area contributed by atoms with E-state index in [9.17, 15) is 4.79 Å². The molecular formula is C21H27N7O. The monoisotopic (exact) mass is 393 g/mol. The molecule has 0 atom stereocenters. The smallest absolute Gasteiger partial charge is 0.225 e. The third-order valence-corrected chi connectivity index (χ3v) is 5.43. The van der Waals surface area contributed by atoms with E-state index < -0.39 is 0 Å². The number of carbonyl (C=O) groups excluding carboxylic acids is 1. The molecule has 29 heavy (non-hydrogen) atoms. The summed E-state index contributed by atoms with van der Waals surface area (Å²) in [5.41, 5.74) is 3.82. The Bertz CT molecular complexity index is 971. The highest BCUT2D eigenvalue weighted by atomic mass is 16.1. The van der Waals surface area contributed by atoms with E-state index in [4.69, 9.17) is 0 Å². The van der Waals surface area contributed by atoms with Crippen LogP contribution in [0.5, 0.6) is 0 Å². The van der Waals surface area contributed by atoms with Crippen LogP contribution in [-0.4, -0.2) is 50.5 Å². The maximum atomic E-state index is 12.3. The molecule has 2 aromatic heterocycles. The van der Waals surface area contributed by atoms with E-state index in [1.165, 1.54) is 0 Å². The molecule has 0 spiro atoms. The number of fused-ring (bicyclic) bond motifs is 1. The number of carbonyl (C=O) groups is 1. The predicted molar refractivity (Wildman–Crippen MR) is 112 cm³/mol. The van der Waals surface area contributed by atoms with Crippen molar-refractivity contribution in [1.29, 1.82) is 0 Å². The fourth-order valence-electron chi connectivity index (χ4n) is 3.82. The Morgan fingerprint density at radius 2 is 1.86 bits per heavy atom. The van der Waals surface area contributed by atoms with Gasteiger partial charge in [0.15, 0.2) is 0 Å². The van der Waals surface area contributed by atoms with E-state index >= 15 is 0 Å². The molecular weight excluding hydrogens is 366 g/mol. The number of anilines is 1. The summed E-state index contributed by atoms with van der Waals surface area (Å²) in [4.78, 5) is 23.6. The van der Waals surface area contributed by atoms with Crippen molar-refractivity contribution in [2.24, 2.45) is 5.92 Å². The Morgan fingerprint density at radius 3 is 2.62 bits per heavy atom. The van der Waals surface area contributed by atoms with Crippen LogP contribution in [0.15, 0.2) is 30.3 Å². The van der Waals surface area contributed by atoms with Gasteiger partial charge in [0, 0.05) is 37.4 Å². The molecule has 8 nitrogen and oxygen atoms in total. The topological polar surface area (TPSA) is 88.8 Å². The summed E-state index contributed by atoms with van der Waals surface area (Å²) in [5, 5.41) is 11.3. The second kappa shape index (κ2) is 8.55. The summed E-state index contributed by atoms with van der Waals surface area (Å²) in [6.45, 7) is 7.11. The Morgan fingerprint density at radius 1 is 1.14 bits per heavy atom. The third-order valence-electron chi connectivity index (χ3n) is 5.43.